The largest absolute Gasteiger partial charge is 0.456 e. The van der Waals surface area contributed by atoms with Gasteiger partial charge in [0.15, 0.2) is 0 Å². The van der Waals surface area contributed by atoms with Gasteiger partial charge in [0.2, 0.25) is 0 Å². The molecule has 0 fully saturated rings. The summed E-state index contributed by atoms with van der Waals surface area (Å²) in [6.45, 7) is 0. The summed E-state index contributed by atoms with van der Waals surface area (Å²) in [6, 6.07) is 48.3. The van der Waals surface area contributed by atoms with Crippen LogP contribution in [0.5, 0.6) is 0 Å². The fourth-order valence-corrected chi connectivity index (χ4v) is 6.82. The highest BCUT2D eigenvalue weighted by atomic mass is 16.3. The third kappa shape index (κ3) is 2.79. The molecular formula is C38H22O. The highest BCUT2D eigenvalue weighted by Crippen LogP contribution is 2.49. The molecule has 1 heterocycles. The van der Waals surface area contributed by atoms with E-state index in [4.69, 9.17) is 4.42 Å². The molecule has 0 N–H and O–H groups in total. The topological polar surface area (TPSA) is 13.1 Å². The summed E-state index contributed by atoms with van der Waals surface area (Å²) in [5.74, 6) is 0. The van der Waals surface area contributed by atoms with Crippen LogP contribution in [-0.2, 0) is 0 Å². The zero-order valence-electron chi connectivity index (χ0n) is 21.1. The van der Waals surface area contributed by atoms with Crippen LogP contribution in [0, 0.1) is 0 Å². The van der Waals surface area contributed by atoms with E-state index in [-0.39, 0.29) is 0 Å². The molecule has 0 aliphatic carbocycles. The molecule has 180 valence electrons. The van der Waals surface area contributed by atoms with E-state index in [0.29, 0.717) is 0 Å². The third-order valence-corrected chi connectivity index (χ3v) is 8.39. The first-order valence-electron chi connectivity index (χ1n) is 13.4. The Morgan fingerprint density at radius 1 is 0.359 bits per heavy atom. The van der Waals surface area contributed by atoms with Crippen molar-refractivity contribution in [1.82, 2.24) is 0 Å². The summed E-state index contributed by atoms with van der Waals surface area (Å²) in [7, 11) is 0. The van der Waals surface area contributed by atoms with Gasteiger partial charge in [-0.05, 0) is 83.5 Å². The van der Waals surface area contributed by atoms with E-state index < -0.39 is 0 Å². The van der Waals surface area contributed by atoms with Gasteiger partial charge < -0.3 is 4.42 Å². The second-order valence-corrected chi connectivity index (χ2v) is 10.4. The average molecular weight is 495 g/mol. The minimum absolute atomic E-state index is 0.944. The standard InChI is InChI=1S/C38H22O/c1-2-11-23(12-3-1)35-26-15-6-8-17-28(26)36(29-18-9-7-16-27(29)35)32-22-31-25-14-5-4-13-24(25)21-34-38(31)37-30(32)19-10-20-33(37)39-34/h1-22H. The Hall–Kier alpha value is -5.14. The molecule has 8 aromatic carbocycles. The van der Waals surface area contributed by atoms with Gasteiger partial charge in [0.1, 0.15) is 11.2 Å². The number of hydrogen-bond donors (Lipinski definition) is 0. The van der Waals surface area contributed by atoms with E-state index in [1.807, 2.05) is 0 Å². The Bertz CT molecular complexity index is 2320. The summed E-state index contributed by atoms with van der Waals surface area (Å²) in [4.78, 5) is 0. The maximum absolute atomic E-state index is 6.46. The molecule has 9 aromatic rings. The molecule has 1 nitrogen and oxygen atoms in total. The molecule has 1 aromatic heterocycles. The highest BCUT2D eigenvalue weighted by Gasteiger charge is 2.22. The molecule has 0 atom stereocenters. The van der Waals surface area contributed by atoms with Gasteiger partial charge in [0, 0.05) is 10.8 Å². The normalized spacial score (nSPS) is 12.1. The summed E-state index contributed by atoms with van der Waals surface area (Å²) in [6.07, 6.45) is 0. The maximum atomic E-state index is 6.46. The van der Waals surface area contributed by atoms with Crippen molar-refractivity contribution in [1.29, 1.82) is 0 Å². The molecule has 9 rings (SSSR count). The van der Waals surface area contributed by atoms with Crippen LogP contribution in [0.25, 0.3) is 87.3 Å². The van der Waals surface area contributed by atoms with Crippen molar-refractivity contribution >= 4 is 65.0 Å². The lowest BCUT2D eigenvalue weighted by atomic mass is 9.83. The Balaban J connectivity index is 1.54. The van der Waals surface area contributed by atoms with E-state index in [1.54, 1.807) is 0 Å². The van der Waals surface area contributed by atoms with E-state index in [2.05, 4.69) is 133 Å². The van der Waals surface area contributed by atoms with Gasteiger partial charge in [-0.2, -0.15) is 0 Å². The number of rotatable bonds is 2. The monoisotopic (exact) mass is 494 g/mol. The van der Waals surface area contributed by atoms with Crippen molar-refractivity contribution in [3.05, 3.63) is 133 Å². The number of hydrogen-bond acceptors (Lipinski definition) is 1. The highest BCUT2D eigenvalue weighted by molar-refractivity contribution is 6.33. The maximum Gasteiger partial charge on any atom is 0.136 e. The first kappa shape index (κ1) is 20.9. The summed E-state index contributed by atoms with van der Waals surface area (Å²) >= 11 is 0. The van der Waals surface area contributed by atoms with Crippen molar-refractivity contribution in [2.45, 2.75) is 0 Å². The van der Waals surface area contributed by atoms with Gasteiger partial charge in [-0.3, -0.25) is 0 Å². The molecule has 0 aliphatic heterocycles. The fraction of sp³-hybridized carbons (Fsp3) is 0. The lowest BCUT2D eigenvalue weighted by molar-refractivity contribution is 0.670. The van der Waals surface area contributed by atoms with Crippen LogP contribution >= 0.6 is 0 Å². The first-order valence-corrected chi connectivity index (χ1v) is 13.4. The number of furan rings is 1. The number of fused-ring (bicyclic) bond motifs is 4. The van der Waals surface area contributed by atoms with E-state index in [0.717, 1.165) is 11.2 Å². The molecule has 0 aliphatic rings. The van der Waals surface area contributed by atoms with Crippen LogP contribution in [0.3, 0.4) is 0 Å². The van der Waals surface area contributed by atoms with Gasteiger partial charge in [-0.25, -0.2) is 0 Å². The van der Waals surface area contributed by atoms with E-state index in [9.17, 15) is 0 Å². The number of benzene rings is 8. The van der Waals surface area contributed by atoms with Gasteiger partial charge in [0.25, 0.3) is 0 Å². The predicted octanol–water partition coefficient (Wildman–Crippen LogP) is 11.0. The molecule has 0 radical (unpaired) electrons. The Kier molecular flexibility index (Phi) is 4.11. The predicted molar refractivity (Wildman–Crippen MR) is 166 cm³/mol. The Labute approximate surface area is 224 Å². The zero-order chi connectivity index (χ0) is 25.5. The van der Waals surface area contributed by atoms with Gasteiger partial charge >= 0.3 is 0 Å². The third-order valence-electron chi connectivity index (χ3n) is 8.39. The fourth-order valence-electron chi connectivity index (χ4n) is 6.82. The average Bonchev–Trinajstić information content (AvgIpc) is 3.38. The van der Waals surface area contributed by atoms with Gasteiger partial charge in [0.05, 0.1) is 0 Å². The Morgan fingerprint density at radius 3 is 1.64 bits per heavy atom. The van der Waals surface area contributed by atoms with Crippen LogP contribution in [0.4, 0.5) is 0 Å². The van der Waals surface area contributed by atoms with Crippen molar-refractivity contribution in [2.75, 3.05) is 0 Å². The van der Waals surface area contributed by atoms with Crippen LogP contribution in [0.15, 0.2) is 138 Å². The van der Waals surface area contributed by atoms with Gasteiger partial charge in [-0.15, -0.1) is 0 Å². The molecule has 0 saturated carbocycles. The zero-order valence-corrected chi connectivity index (χ0v) is 21.1. The van der Waals surface area contributed by atoms with Crippen LogP contribution in [-0.4, -0.2) is 0 Å². The molecule has 1 heteroatoms. The van der Waals surface area contributed by atoms with Gasteiger partial charge in [-0.1, -0.05) is 115 Å². The smallest absolute Gasteiger partial charge is 0.136 e. The molecule has 0 unspecified atom stereocenters. The molecule has 0 saturated heterocycles. The minimum Gasteiger partial charge on any atom is -0.456 e. The van der Waals surface area contributed by atoms with Crippen LogP contribution in [0.1, 0.15) is 0 Å². The molecule has 0 spiro atoms. The van der Waals surface area contributed by atoms with Crippen molar-refractivity contribution in [2.24, 2.45) is 0 Å². The van der Waals surface area contributed by atoms with Crippen molar-refractivity contribution < 1.29 is 4.42 Å². The molecular weight excluding hydrogens is 472 g/mol. The lowest BCUT2D eigenvalue weighted by Gasteiger charge is -2.19. The molecule has 0 amide bonds. The van der Waals surface area contributed by atoms with E-state index >= 15 is 0 Å². The van der Waals surface area contributed by atoms with E-state index in [1.165, 1.54) is 76.1 Å². The quantitative estimate of drug-likeness (QED) is 0.172. The molecule has 0 bridgehead atoms. The summed E-state index contributed by atoms with van der Waals surface area (Å²) in [5.41, 5.74) is 6.95. The lowest BCUT2D eigenvalue weighted by Crippen LogP contribution is -1.92. The Morgan fingerprint density at radius 2 is 0.923 bits per heavy atom. The van der Waals surface area contributed by atoms with Crippen LogP contribution < -0.4 is 0 Å². The minimum atomic E-state index is 0.944. The summed E-state index contributed by atoms with van der Waals surface area (Å²) in [5, 5.41) is 12.4. The van der Waals surface area contributed by atoms with Crippen molar-refractivity contribution in [3.63, 3.8) is 0 Å². The van der Waals surface area contributed by atoms with Crippen LogP contribution in [0.2, 0.25) is 0 Å². The molecule has 39 heavy (non-hydrogen) atoms. The SMILES string of the molecule is c1ccc(-c2c3ccccc3c(-c3cc4c5ccccc5cc5oc6cccc3c6c54)c3ccccc23)cc1. The first-order chi connectivity index (χ1) is 19.4. The summed E-state index contributed by atoms with van der Waals surface area (Å²) < 4.78 is 6.46. The second-order valence-electron chi connectivity index (χ2n) is 10.4. The second kappa shape index (κ2) is 7.69. The van der Waals surface area contributed by atoms with Crippen molar-refractivity contribution in [3.8, 4) is 22.3 Å².